The minimum absolute atomic E-state index is 0.104. The molecule has 5 rings (SSSR count). The van der Waals surface area contributed by atoms with Crippen molar-refractivity contribution < 1.29 is 19.5 Å². The second-order valence-electron chi connectivity index (χ2n) is 9.61. The first-order valence-electron chi connectivity index (χ1n) is 12.9. The molecule has 0 fully saturated rings. The van der Waals surface area contributed by atoms with Gasteiger partial charge in [0.2, 0.25) is 5.91 Å². The first-order valence-corrected chi connectivity index (χ1v) is 12.9. The number of aromatic hydroxyl groups is 1. The molecule has 39 heavy (non-hydrogen) atoms. The van der Waals surface area contributed by atoms with E-state index in [1.165, 1.54) is 4.90 Å². The van der Waals surface area contributed by atoms with E-state index in [0.717, 1.165) is 11.1 Å². The van der Waals surface area contributed by atoms with Crippen LogP contribution in [0, 0.1) is 0 Å². The number of hydrogen-bond donors (Lipinski definition) is 3. The van der Waals surface area contributed by atoms with E-state index in [4.69, 9.17) is 0 Å². The van der Waals surface area contributed by atoms with Crippen LogP contribution in [-0.2, 0) is 18.3 Å². The Bertz CT molecular complexity index is 1550. The number of nitrogens with zero attached hydrogens (tertiary/aromatic N) is 4. The zero-order valence-electron chi connectivity index (χ0n) is 21.7. The number of phenolic OH excluding ortho intramolecular Hbond substituents is 1. The number of benzene rings is 2. The maximum absolute atomic E-state index is 13.6. The lowest BCUT2D eigenvalue weighted by atomic mass is 9.98. The summed E-state index contributed by atoms with van der Waals surface area (Å²) < 4.78 is 1.74. The minimum Gasteiger partial charge on any atom is -0.507 e. The fourth-order valence-electron chi connectivity index (χ4n) is 4.73. The number of carbonyl (C=O) groups is 3. The molecule has 10 heteroatoms. The van der Waals surface area contributed by atoms with Crippen molar-refractivity contribution in [3.8, 4) is 16.9 Å². The molecular weight excluding hydrogens is 496 g/mol. The summed E-state index contributed by atoms with van der Waals surface area (Å²) in [5, 5.41) is 16.3. The van der Waals surface area contributed by atoms with Crippen LogP contribution in [0.4, 0.5) is 0 Å². The summed E-state index contributed by atoms with van der Waals surface area (Å²) in [6.07, 6.45) is 4.92. The van der Waals surface area contributed by atoms with Gasteiger partial charge >= 0.3 is 0 Å². The monoisotopic (exact) mass is 526 g/mol. The van der Waals surface area contributed by atoms with Crippen molar-refractivity contribution in [1.82, 2.24) is 30.1 Å². The molecule has 2 aromatic carbocycles. The van der Waals surface area contributed by atoms with Gasteiger partial charge in [-0.25, -0.2) is 9.97 Å². The van der Waals surface area contributed by atoms with E-state index >= 15 is 0 Å². The van der Waals surface area contributed by atoms with Crippen LogP contribution < -0.4 is 10.6 Å². The molecule has 1 aliphatic rings. The molecule has 0 saturated carbocycles. The molecule has 3 heterocycles. The second-order valence-corrected chi connectivity index (χ2v) is 9.61. The van der Waals surface area contributed by atoms with Crippen LogP contribution in [-0.4, -0.2) is 68.4 Å². The Morgan fingerprint density at radius 3 is 2.69 bits per heavy atom. The van der Waals surface area contributed by atoms with E-state index in [0.29, 0.717) is 66.8 Å². The van der Waals surface area contributed by atoms with Crippen LogP contribution in [0.15, 0.2) is 61.1 Å². The highest BCUT2D eigenvalue weighted by Crippen LogP contribution is 2.31. The molecule has 4 bridgehead atoms. The van der Waals surface area contributed by atoms with Gasteiger partial charge in [0.15, 0.2) is 5.65 Å². The van der Waals surface area contributed by atoms with E-state index in [-0.39, 0.29) is 30.0 Å². The SMILES string of the molecule is Cn1cnc2c(C(=O)N3CCCCNC(=O)c4cccc(c4)-c4cc(ccc4O)CCNC(=O)C3)ccnc21. The summed E-state index contributed by atoms with van der Waals surface area (Å²) in [6.45, 7) is 1.02. The molecule has 2 aromatic heterocycles. The Morgan fingerprint density at radius 2 is 1.82 bits per heavy atom. The van der Waals surface area contributed by atoms with Crippen LogP contribution in [0.5, 0.6) is 5.75 Å². The Morgan fingerprint density at radius 1 is 0.974 bits per heavy atom. The van der Waals surface area contributed by atoms with E-state index in [9.17, 15) is 19.5 Å². The molecule has 0 saturated heterocycles. The molecule has 0 atom stereocenters. The summed E-state index contributed by atoms with van der Waals surface area (Å²) in [5.41, 5.74) is 4.24. The number of fused-ring (bicyclic) bond motifs is 6. The van der Waals surface area contributed by atoms with Crippen molar-refractivity contribution >= 4 is 28.9 Å². The predicted octanol–water partition coefficient (Wildman–Crippen LogP) is 2.67. The minimum atomic E-state index is -0.297. The third-order valence-electron chi connectivity index (χ3n) is 6.82. The van der Waals surface area contributed by atoms with Crippen molar-refractivity contribution in [3.05, 3.63) is 77.7 Å². The van der Waals surface area contributed by atoms with Crippen molar-refractivity contribution in [3.63, 3.8) is 0 Å². The molecule has 0 radical (unpaired) electrons. The average Bonchev–Trinajstić information content (AvgIpc) is 3.33. The quantitative estimate of drug-likeness (QED) is 0.350. The van der Waals surface area contributed by atoms with Gasteiger partial charge in [0.1, 0.15) is 11.3 Å². The predicted molar refractivity (Wildman–Crippen MR) is 146 cm³/mol. The Balaban J connectivity index is 1.39. The van der Waals surface area contributed by atoms with E-state index in [2.05, 4.69) is 20.6 Å². The number of pyridine rings is 1. The fraction of sp³-hybridized carbons (Fsp3) is 0.276. The van der Waals surface area contributed by atoms with Gasteiger partial charge in [0.25, 0.3) is 11.8 Å². The van der Waals surface area contributed by atoms with Crippen molar-refractivity contribution in [2.24, 2.45) is 7.05 Å². The van der Waals surface area contributed by atoms with Crippen molar-refractivity contribution in [1.29, 1.82) is 0 Å². The molecule has 0 spiro atoms. The first kappa shape index (κ1) is 25.9. The normalized spacial score (nSPS) is 15.3. The second kappa shape index (κ2) is 11.3. The van der Waals surface area contributed by atoms with Crippen LogP contribution in [0.3, 0.4) is 0 Å². The van der Waals surface area contributed by atoms with Gasteiger partial charge in [-0.2, -0.15) is 0 Å². The molecule has 3 amide bonds. The average molecular weight is 527 g/mol. The van der Waals surface area contributed by atoms with Crippen LogP contribution >= 0.6 is 0 Å². The Hall–Kier alpha value is -4.73. The van der Waals surface area contributed by atoms with Gasteiger partial charge in [0, 0.05) is 44.0 Å². The number of imidazole rings is 1. The largest absolute Gasteiger partial charge is 0.507 e. The summed E-state index contributed by atoms with van der Waals surface area (Å²) >= 11 is 0. The summed E-state index contributed by atoms with van der Waals surface area (Å²) in [6, 6.07) is 14.0. The highest BCUT2D eigenvalue weighted by atomic mass is 16.3. The van der Waals surface area contributed by atoms with Gasteiger partial charge in [-0.1, -0.05) is 18.2 Å². The van der Waals surface area contributed by atoms with Crippen LogP contribution in [0.2, 0.25) is 0 Å². The van der Waals surface area contributed by atoms with Crippen LogP contribution in [0.1, 0.15) is 39.1 Å². The Labute approximate surface area is 225 Å². The number of hydrogen-bond acceptors (Lipinski definition) is 6. The summed E-state index contributed by atoms with van der Waals surface area (Å²) in [4.78, 5) is 49.4. The molecule has 10 nitrogen and oxygen atoms in total. The number of carbonyl (C=O) groups excluding carboxylic acids is 3. The number of amides is 3. The highest BCUT2D eigenvalue weighted by Gasteiger charge is 2.22. The molecule has 1 aliphatic heterocycles. The van der Waals surface area contributed by atoms with Gasteiger partial charge in [-0.3, -0.25) is 14.4 Å². The van der Waals surface area contributed by atoms with Crippen molar-refractivity contribution in [2.75, 3.05) is 26.2 Å². The molecule has 4 aromatic rings. The number of nitrogens with one attached hydrogen (secondary N) is 2. The standard InChI is InChI=1S/C29H30N6O4/c1-34-18-33-26-22(10-13-31-27(26)34)29(39)35-14-3-2-11-32-28(38)21-6-4-5-20(16-21)23-15-19(7-8-24(23)36)9-12-30-25(37)17-35/h4-8,10,13,15-16,18,36H,2-3,9,11-12,14,17H2,1H3,(H,30,37)(H,32,38). The zero-order valence-corrected chi connectivity index (χ0v) is 21.7. The molecular formula is C29H30N6O4. The summed E-state index contributed by atoms with van der Waals surface area (Å²) in [7, 11) is 1.81. The third kappa shape index (κ3) is 5.74. The van der Waals surface area contributed by atoms with Gasteiger partial charge in [-0.05, 0) is 60.7 Å². The third-order valence-corrected chi connectivity index (χ3v) is 6.82. The number of phenols is 1. The molecule has 3 N–H and O–H groups in total. The van der Waals surface area contributed by atoms with Gasteiger partial charge < -0.3 is 25.2 Å². The first-order chi connectivity index (χ1) is 18.9. The number of aryl methyl sites for hydroxylation is 1. The van der Waals surface area contributed by atoms with Crippen LogP contribution in [0.25, 0.3) is 22.3 Å². The fourth-order valence-corrected chi connectivity index (χ4v) is 4.73. The van der Waals surface area contributed by atoms with Gasteiger partial charge in [0.05, 0.1) is 18.4 Å². The lowest BCUT2D eigenvalue weighted by Gasteiger charge is -2.23. The lowest BCUT2D eigenvalue weighted by molar-refractivity contribution is -0.121. The number of aromatic nitrogens is 3. The smallest absolute Gasteiger partial charge is 0.256 e. The molecule has 0 unspecified atom stereocenters. The highest BCUT2D eigenvalue weighted by molar-refractivity contribution is 6.05. The summed E-state index contributed by atoms with van der Waals surface area (Å²) in [5.74, 6) is -0.664. The Kier molecular flexibility index (Phi) is 7.53. The van der Waals surface area contributed by atoms with Gasteiger partial charge in [-0.15, -0.1) is 0 Å². The topological polar surface area (TPSA) is 129 Å². The van der Waals surface area contributed by atoms with E-state index in [1.54, 1.807) is 53.5 Å². The number of rotatable bonds is 1. The van der Waals surface area contributed by atoms with E-state index in [1.807, 2.05) is 19.2 Å². The zero-order chi connectivity index (χ0) is 27.4. The molecule has 0 aliphatic carbocycles. The van der Waals surface area contributed by atoms with Crippen molar-refractivity contribution in [2.45, 2.75) is 19.3 Å². The molecule has 200 valence electrons. The maximum atomic E-state index is 13.6. The maximum Gasteiger partial charge on any atom is 0.256 e. The lowest BCUT2D eigenvalue weighted by Crippen LogP contribution is -2.42. The van der Waals surface area contributed by atoms with E-state index < -0.39 is 0 Å².